The van der Waals surface area contributed by atoms with Gasteiger partial charge in [0.2, 0.25) is 0 Å². The first-order chi connectivity index (χ1) is 34.8. The van der Waals surface area contributed by atoms with E-state index in [1.54, 1.807) is 12.1 Å². The van der Waals surface area contributed by atoms with E-state index in [9.17, 15) is 40.0 Å². The first kappa shape index (κ1) is 60.8. The normalized spacial score (nSPS) is 25.0. The SMILES string of the molecule is CC(C)CCCC(C)[C@H]1CC[C@H]2[C@@H]3CCC4C[C@@H](CCC=C(c5cc(Cl)c(OCc6ccccc6[N+](=O)[O-])c(C(=O)[O-])c5)c5cc(Cl)c(OCc6ccccc6[N+](=O)[O-])c(C(=O)[O-])c5)CC[C@]4(C)[C@H]3CC[C@]12C.[Na+].[Na+]. The molecule has 0 spiro atoms. The molecule has 0 heterocycles. The number of allylic oxidation sites excluding steroid dienone is 1. The molecule has 8 rings (SSSR count). The van der Waals surface area contributed by atoms with Gasteiger partial charge in [0.25, 0.3) is 11.4 Å². The van der Waals surface area contributed by atoms with Crippen molar-refractivity contribution in [2.24, 2.45) is 58.2 Å². The molecular weight excluding hydrogens is 1010 g/mol. The number of carboxylic acids is 2. The molecule has 0 aromatic heterocycles. The van der Waals surface area contributed by atoms with Crippen LogP contribution in [0.1, 0.15) is 167 Å². The Bertz CT molecular complexity index is 2640. The standard InChI is InChI=1S/C59H70Cl2N2O10.2Na/c1-35(2)12-10-13-36(3)47-22-23-48-44-21-20-42-28-37(24-26-58(42,4)49(44)25-27-59(47,48)5)14-11-17-43(40-29-45(56(64)65)54(50(60)31-40)72-33-38-15-6-8-18-52(38)62(68)69)41-30-46(57(66)67)55(51(61)32-41)73-34-39-16-7-9-19-53(39)63(70)71;;/h6-9,15-19,29-32,35-37,42,44,47-49H,10-14,20-28,33-34H2,1-5H3,(H,64,65)(H,66,67);;/q;2*+1/p-2/t36?,37-,42?,44-,47+,48-,49-,58-,59+;;/m0../s1. The van der Waals surface area contributed by atoms with Crippen molar-refractivity contribution in [1.82, 2.24) is 0 Å². The van der Waals surface area contributed by atoms with E-state index in [1.165, 1.54) is 125 Å². The molecule has 0 N–H and O–H groups in total. The van der Waals surface area contributed by atoms with Crippen molar-refractivity contribution < 1.29 is 98.2 Å². The number of aromatic carboxylic acids is 2. The molecule has 9 atom stereocenters. The third kappa shape index (κ3) is 13.2. The van der Waals surface area contributed by atoms with Crippen LogP contribution in [0.4, 0.5) is 11.4 Å². The summed E-state index contributed by atoms with van der Waals surface area (Å²) in [4.78, 5) is 48.0. The Morgan fingerprint density at radius 3 is 1.75 bits per heavy atom. The maximum atomic E-state index is 12.8. The molecule has 4 aromatic carbocycles. The van der Waals surface area contributed by atoms with Crippen LogP contribution < -0.4 is 78.8 Å². The second-order valence-corrected chi connectivity index (χ2v) is 23.4. The van der Waals surface area contributed by atoms with Gasteiger partial charge in [-0.05, 0) is 182 Å². The largest absolute Gasteiger partial charge is 1.00 e. The second-order valence-electron chi connectivity index (χ2n) is 22.6. The number of hydrogen-bond acceptors (Lipinski definition) is 10. The first-order valence-corrected chi connectivity index (χ1v) is 27.1. The molecule has 0 amide bonds. The number of nitro groups is 2. The summed E-state index contributed by atoms with van der Waals surface area (Å²) in [5.74, 6) is 2.08. The average Bonchev–Trinajstić information content (AvgIpc) is 3.71. The van der Waals surface area contributed by atoms with Gasteiger partial charge in [-0.25, -0.2) is 0 Å². The number of hydrogen-bond donors (Lipinski definition) is 0. The Morgan fingerprint density at radius 1 is 0.707 bits per heavy atom. The zero-order valence-corrected chi connectivity index (χ0v) is 50.2. The molecule has 390 valence electrons. The van der Waals surface area contributed by atoms with Gasteiger partial charge in [-0.15, -0.1) is 0 Å². The van der Waals surface area contributed by atoms with E-state index in [2.05, 4.69) is 34.6 Å². The number of benzene rings is 4. The van der Waals surface area contributed by atoms with E-state index in [0.29, 0.717) is 45.8 Å². The van der Waals surface area contributed by atoms with Gasteiger partial charge in [0, 0.05) is 23.3 Å². The summed E-state index contributed by atoms with van der Waals surface area (Å²) in [7, 11) is 0. The molecule has 12 nitrogen and oxygen atoms in total. The molecule has 0 aliphatic heterocycles. The van der Waals surface area contributed by atoms with Crippen molar-refractivity contribution in [1.29, 1.82) is 0 Å². The number of fused-ring (bicyclic) bond motifs is 5. The van der Waals surface area contributed by atoms with Crippen molar-refractivity contribution in [3.05, 3.63) is 143 Å². The van der Waals surface area contributed by atoms with Crippen LogP contribution in [0.5, 0.6) is 11.5 Å². The van der Waals surface area contributed by atoms with Crippen LogP contribution in [-0.2, 0) is 13.2 Å². The number of ether oxygens (including phenoxy) is 2. The van der Waals surface area contributed by atoms with Crippen LogP contribution in [0.3, 0.4) is 0 Å². The van der Waals surface area contributed by atoms with Gasteiger partial charge in [-0.1, -0.05) is 107 Å². The Kier molecular flexibility index (Phi) is 21.1. The number of halogens is 2. The topological polar surface area (TPSA) is 185 Å². The maximum absolute atomic E-state index is 12.8. The zero-order chi connectivity index (χ0) is 52.4. The van der Waals surface area contributed by atoms with Gasteiger partial charge in [0.05, 0.1) is 43.0 Å². The third-order valence-electron chi connectivity index (χ3n) is 18.2. The minimum absolute atomic E-state index is 0. The van der Waals surface area contributed by atoms with Crippen molar-refractivity contribution >= 4 is 52.1 Å². The minimum Gasteiger partial charge on any atom is -0.545 e. The molecule has 4 fully saturated rings. The Labute approximate surface area is 496 Å². The van der Waals surface area contributed by atoms with E-state index in [1.807, 2.05) is 6.08 Å². The third-order valence-corrected chi connectivity index (χ3v) is 18.7. The molecule has 4 aliphatic carbocycles. The van der Waals surface area contributed by atoms with Crippen LogP contribution in [-0.4, -0.2) is 21.8 Å². The molecule has 0 bridgehead atoms. The van der Waals surface area contributed by atoms with Crippen molar-refractivity contribution in [3.63, 3.8) is 0 Å². The van der Waals surface area contributed by atoms with Crippen LogP contribution in [0.25, 0.3) is 5.57 Å². The molecule has 4 aromatic rings. The number of para-hydroxylation sites is 2. The van der Waals surface area contributed by atoms with E-state index in [0.717, 1.165) is 54.8 Å². The van der Waals surface area contributed by atoms with Crippen molar-refractivity contribution in [2.45, 2.75) is 138 Å². The number of carbonyl (C=O) groups excluding carboxylic acids is 2. The van der Waals surface area contributed by atoms with E-state index in [4.69, 9.17) is 32.7 Å². The number of carboxylic acid groups (broad SMARTS) is 2. The molecule has 16 heteroatoms. The number of nitro benzene ring substituents is 2. The summed E-state index contributed by atoms with van der Waals surface area (Å²) >= 11 is 13.7. The Balaban J connectivity index is 0.00000457. The Morgan fingerprint density at radius 2 is 1.23 bits per heavy atom. The predicted molar refractivity (Wildman–Crippen MR) is 279 cm³/mol. The quantitative estimate of drug-likeness (QED) is 0.0484. The monoisotopic (exact) mass is 1080 g/mol. The fourth-order valence-electron chi connectivity index (χ4n) is 14.5. The Hall–Kier alpha value is -3.46. The van der Waals surface area contributed by atoms with Crippen LogP contribution >= 0.6 is 23.2 Å². The van der Waals surface area contributed by atoms with E-state index >= 15 is 0 Å². The fraction of sp³-hybridized carbons (Fsp3) is 0.525. The minimum atomic E-state index is -1.62. The van der Waals surface area contributed by atoms with E-state index < -0.39 is 32.9 Å². The van der Waals surface area contributed by atoms with Crippen LogP contribution in [0, 0.1) is 78.4 Å². The molecule has 75 heavy (non-hydrogen) atoms. The summed E-state index contributed by atoms with van der Waals surface area (Å²) in [5.41, 5.74) is 0.918. The van der Waals surface area contributed by atoms with Gasteiger partial charge >= 0.3 is 59.1 Å². The predicted octanol–water partition coefficient (Wildman–Crippen LogP) is 7.65. The summed E-state index contributed by atoms with van der Waals surface area (Å²) < 4.78 is 11.8. The van der Waals surface area contributed by atoms with E-state index in [-0.39, 0.29) is 116 Å². The maximum Gasteiger partial charge on any atom is 1.00 e. The number of rotatable bonds is 20. The van der Waals surface area contributed by atoms with Crippen LogP contribution in [0.15, 0.2) is 78.9 Å². The first-order valence-electron chi connectivity index (χ1n) is 26.3. The molecule has 4 aliphatic rings. The number of nitrogens with zero attached hydrogens (tertiary/aromatic N) is 2. The molecule has 0 radical (unpaired) electrons. The van der Waals surface area contributed by atoms with Gasteiger partial charge < -0.3 is 29.3 Å². The molecule has 2 unspecified atom stereocenters. The molecular formula is C59H68Cl2N2Na2O10. The van der Waals surface area contributed by atoms with Gasteiger partial charge in [-0.3, -0.25) is 20.2 Å². The summed E-state index contributed by atoms with van der Waals surface area (Å²) in [6, 6.07) is 17.5. The summed E-state index contributed by atoms with van der Waals surface area (Å²) in [6.45, 7) is 11.7. The van der Waals surface area contributed by atoms with Gasteiger partial charge in [-0.2, -0.15) is 0 Å². The van der Waals surface area contributed by atoms with Crippen LogP contribution in [0.2, 0.25) is 10.0 Å². The van der Waals surface area contributed by atoms with Gasteiger partial charge in [0.1, 0.15) is 24.7 Å². The molecule has 0 saturated heterocycles. The zero-order valence-electron chi connectivity index (χ0n) is 44.7. The van der Waals surface area contributed by atoms with Crippen molar-refractivity contribution in [2.75, 3.05) is 0 Å². The van der Waals surface area contributed by atoms with Crippen molar-refractivity contribution in [3.8, 4) is 11.5 Å². The smallest absolute Gasteiger partial charge is 0.545 e. The number of carbonyl (C=O) groups is 2. The summed E-state index contributed by atoms with van der Waals surface area (Å²) in [5, 5.41) is 48.9. The average molecular weight is 1080 g/mol. The van der Waals surface area contributed by atoms with Gasteiger partial charge in [0.15, 0.2) is 0 Å². The fourth-order valence-corrected chi connectivity index (χ4v) is 15.1. The molecule has 4 saturated carbocycles. The summed E-state index contributed by atoms with van der Waals surface area (Å²) in [6.07, 6.45) is 18.8. The second kappa shape index (κ2) is 26.0.